The number of aryl methyl sites for hydroxylation is 2. The summed E-state index contributed by atoms with van der Waals surface area (Å²) in [7, 11) is 0. The van der Waals surface area contributed by atoms with Crippen LogP contribution in [-0.4, -0.2) is 22.6 Å². The van der Waals surface area contributed by atoms with Crippen molar-refractivity contribution >= 4 is 5.91 Å². The number of pyridine rings is 1. The molecule has 2 aromatic heterocycles. The molecule has 0 aliphatic rings. The lowest BCUT2D eigenvalue weighted by Crippen LogP contribution is -2.25. The smallest absolute Gasteiger partial charge is 0.257 e. The van der Waals surface area contributed by atoms with Gasteiger partial charge in [0.05, 0.1) is 0 Å². The van der Waals surface area contributed by atoms with Gasteiger partial charge in [-0.2, -0.15) is 0 Å². The Morgan fingerprint density at radius 3 is 2.63 bits per heavy atom. The van der Waals surface area contributed by atoms with E-state index in [4.69, 9.17) is 4.52 Å². The van der Waals surface area contributed by atoms with Crippen molar-refractivity contribution in [2.24, 2.45) is 0 Å². The molecule has 5 nitrogen and oxygen atoms in total. The Hall–Kier alpha value is -2.95. The van der Waals surface area contributed by atoms with Crippen molar-refractivity contribution < 1.29 is 9.32 Å². The molecule has 1 N–H and O–H groups in total. The van der Waals surface area contributed by atoms with E-state index in [9.17, 15) is 4.79 Å². The molecule has 0 aliphatic carbocycles. The molecule has 3 aromatic rings. The molecule has 0 saturated heterocycles. The van der Waals surface area contributed by atoms with E-state index < -0.39 is 0 Å². The van der Waals surface area contributed by atoms with Gasteiger partial charge in [0.15, 0.2) is 0 Å². The third-order valence-electron chi connectivity index (χ3n) is 4.60. The maximum atomic E-state index is 12.6. The van der Waals surface area contributed by atoms with E-state index in [1.165, 1.54) is 11.1 Å². The van der Waals surface area contributed by atoms with Gasteiger partial charge in [0, 0.05) is 24.5 Å². The van der Waals surface area contributed by atoms with Crippen LogP contribution in [0.2, 0.25) is 0 Å². The average Bonchev–Trinajstić information content (AvgIpc) is 3.07. The Bertz CT molecular complexity index is 884. The van der Waals surface area contributed by atoms with E-state index in [1.54, 1.807) is 19.3 Å². The van der Waals surface area contributed by atoms with Crippen LogP contribution in [0.15, 0.2) is 53.3 Å². The van der Waals surface area contributed by atoms with Crippen molar-refractivity contribution in [3.63, 3.8) is 0 Å². The predicted molar refractivity (Wildman–Crippen MR) is 106 cm³/mol. The van der Waals surface area contributed by atoms with Crippen LogP contribution in [0, 0.1) is 6.92 Å². The molecule has 3 rings (SSSR count). The zero-order valence-electron chi connectivity index (χ0n) is 16.0. The maximum Gasteiger partial charge on any atom is 0.257 e. The van der Waals surface area contributed by atoms with E-state index in [1.807, 2.05) is 12.1 Å². The maximum absolute atomic E-state index is 12.6. The fourth-order valence-corrected chi connectivity index (χ4v) is 2.99. The lowest BCUT2D eigenvalue weighted by molar-refractivity contribution is 0.0952. The highest BCUT2D eigenvalue weighted by Gasteiger charge is 2.21. The number of amides is 1. The number of hydrogen-bond donors (Lipinski definition) is 1. The van der Waals surface area contributed by atoms with Crippen LogP contribution in [0.1, 0.15) is 53.4 Å². The average molecular weight is 363 g/mol. The van der Waals surface area contributed by atoms with Crippen molar-refractivity contribution in [2.45, 2.75) is 39.5 Å². The number of hydrogen-bond acceptors (Lipinski definition) is 4. The third-order valence-corrected chi connectivity index (χ3v) is 4.60. The minimum atomic E-state index is -0.164. The van der Waals surface area contributed by atoms with E-state index in [-0.39, 0.29) is 5.91 Å². The van der Waals surface area contributed by atoms with Gasteiger partial charge in [0.1, 0.15) is 17.0 Å². The molecule has 27 heavy (non-hydrogen) atoms. The number of nitrogens with one attached hydrogen (secondary N) is 1. The van der Waals surface area contributed by atoms with E-state index in [0.29, 0.717) is 29.5 Å². The summed E-state index contributed by atoms with van der Waals surface area (Å²) in [4.78, 5) is 16.7. The highest BCUT2D eigenvalue weighted by Crippen LogP contribution is 2.24. The van der Waals surface area contributed by atoms with Crippen molar-refractivity contribution in [1.29, 1.82) is 0 Å². The highest BCUT2D eigenvalue weighted by molar-refractivity contribution is 6.00. The highest BCUT2D eigenvalue weighted by atomic mass is 16.5. The van der Waals surface area contributed by atoms with Crippen LogP contribution in [0.25, 0.3) is 11.3 Å². The summed E-state index contributed by atoms with van der Waals surface area (Å²) in [5.74, 6) is 0.887. The fraction of sp³-hybridized carbons (Fsp3) is 0.318. The second-order valence-corrected chi connectivity index (χ2v) is 6.96. The quantitative estimate of drug-likeness (QED) is 0.626. The lowest BCUT2D eigenvalue weighted by atomic mass is 10.0. The minimum absolute atomic E-state index is 0.164. The topological polar surface area (TPSA) is 68.0 Å². The van der Waals surface area contributed by atoms with E-state index in [0.717, 1.165) is 18.4 Å². The number of carbonyl (C=O) groups is 1. The first-order valence-electron chi connectivity index (χ1n) is 9.30. The second kappa shape index (κ2) is 8.62. The van der Waals surface area contributed by atoms with Gasteiger partial charge < -0.3 is 9.84 Å². The third kappa shape index (κ3) is 4.61. The van der Waals surface area contributed by atoms with Gasteiger partial charge in [0.2, 0.25) is 0 Å². The molecular weight excluding hydrogens is 338 g/mol. The van der Waals surface area contributed by atoms with Gasteiger partial charge >= 0.3 is 0 Å². The molecule has 2 heterocycles. The van der Waals surface area contributed by atoms with Gasteiger partial charge in [0.25, 0.3) is 5.91 Å². The summed E-state index contributed by atoms with van der Waals surface area (Å²) in [6, 6.07) is 12.4. The van der Waals surface area contributed by atoms with Crippen molar-refractivity contribution in [3.8, 4) is 11.3 Å². The molecule has 0 fully saturated rings. The molecule has 5 heteroatoms. The normalized spacial score (nSPS) is 11.0. The molecule has 1 amide bonds. The van der Waals surface area contributed by atoms with Gasteiger partial charge in [-0.1, -0.05) is 43.3 Å². The summed E-state index contributed by atoms with van der Waals surface area (Å²) in [6.45, 7) is 6.73. The number of rotatable bonds is 7. The number of carbonyl (C=O) groups excluding carboxylic acids is 1. The Morgan fingerprint density at radius 2 is 1.96 bits per heavy atom. The molecule has 0 spiro atoms. The first-order chi connectivity index (χ1) is 13.1. The largest absolute Gasteiger partial charge is 0.360 e. The Labute approximate surface area is 159 Å². The van der Waals surface area contributed by atoms with Crippen LogP contribution in [0.3, 0.4) is 0 Å². The summed E-state index contributed by atoms with van der Waals surface area (Å²) in [5.41, 5.74) is 4.40. The number of aromatic nitrogens is 2. The van der Waals surface area contributed by atoms with Crippen LogP contribution in [-0.2, 0) is 6.42 Å². The van der Waals surface area contributed by atoms with Gasteiger partial charge in [-0.25, -0.2) is 0 Å². The molecule has 1 aromatic carbocycles. The zero-order chi connectivity index (χ0) is 19.2. The number of benzene rings is 1. The standard InChI is InChI=1S/C22H25N3O2/c1-15(2)18-10-8-17(9-11-18)6-4-13-24-22(26)20-16(3)27-25-21(20)19-7-5-12-23-14-19/h5,7-12,14-15H,4,6,13H2,1-3H3,(H,24,26). The van der Waals surface area contributed by atoms with Gasteiger partial charge in [-0.3, -0.25) is 9.78 Å². The fourth-order valence-electron chi connectivity index (χ4n) is 2.99. The van der Waals surface area contributed by atoms with Crippen LogP contribution >= 0.6 is 0 Å². The van der Waals surface area contributed by atoms with Crippen molar-refractivity contribution in [2.75, 3.05) is 6.54 Å². The van der Waals surface area contributed by atoms with E-state index in [2.05, 4.69) is 53.6 Å². The molecule has 0 atom stereocenters. The Kier molecular flexibility index (Phi) is 6.01. The summed E-state index contributed by atoms with van der Waals surface area (Å²) in [6.07, 6.45) is 5.16. The lowest BCUT2D eigenvalue weighted by Gasteiger charge is -2.08. The van der Waals surface area contributed by atoms with Crippen LogP contribution < -0.4 is 5.32 Å². The summed E-state index contributed by atoms with van der Waals surface area (Å²) < 4.78 is 5.24. The minimum Gasteiger partial charge on any atom is -0.360 e. The second-order valence-electron chi connectivity index (χ2n) is 6.96. The first kappa shape index (κ1) is 18.8. The summed E-state index contributed by atoms with van der Waals surface area (Å²) in [5, 5.41) is 7.01. The van der Waals surface area contributed by atoms with Crippen molar-refractivity contribution in [3.05, 3.63) is 71.2 Å². The van der Waals surface area contributed by atoms with E-state index >= 15 is 0 Å². The molecule has 0 saturated carbocycles. The molecule has 0 radical (unpaired) electrons. The molecule has 0 aliphatic heterocycles. The molecule has 140 valence electrons. The Morgan fingerprint density at radius 1 is 1.19 bits per heavy atom. The predicted octanol–water partition coefficient (Wildman–Crippen LogP) is 4.53. The zero-order valence-corrected chi connectivity index (χ0v) is 16.0. The van der Waals surface area contributed by atoms with Gasteiger partial charge in [-0.15, -0.1) is 0 Å². The number of nitrogens with zero attached hydrogens (tertiary/aromatic N) is 2. The first-order valence-corrected chi connectivity index (χ1v) is 9.30. The molecule has 0 bridgehead atoms. The monoisotopic (exact) mass is 363 g/mol. The van der Waals surface area contributed by atoms with Gasteiger partial charge in [-0.05, 0) is 48.9 Å². The molecule has 0 unspecified atom stereocenters. The van der Waals surface area contributed by atoms with Crippen molar-refractivity contribution in [1.82, 2.24) is 15.5 Å². The summed E-state index contributed by atoms with van der Waals surface area (Å²) >= 11 is 0. The Balaban J connectivity index is 1.56. The van der Waals surface area contributed by atoms with Crippen LogP contribution in [0.4, 0.5) is 0 Å². The molecular formula is C22H25N3O2. The van der Waals surface area contributed by atoms with Crippen LogP contribution in [0.5, 0.6) is 0 Å². The SMILES string of the molecule is Cc1onc(-c2cccnc2)c1C(=O)NCCCc1ccc(C(C)C)cc1.